The highest BCUT2D eigenvalue weighted by Gasteiger charge is 2.36. The maximum atomic E-state index is 12.7. The van der Waals surface area contributed by atoms with Gasteiger partial charge in [-0.05, 0) is 30.7 Å². The summed E-state index contributed by atoms with van der Waals surface area (Å²) < 4.78 is 16.9. The minimum atomic E-state index is -0.541. The molecule has 3 rings (SSSR count). The summed E-state index contributed by atoms with van der Waals surface area (Å²) in [7, 11) is 3.91. The molecule has 1 aromatic carbocycles. The van der Waals surface area contributed by atoms with Gasteiger partial charge in [-0.2, -0.15) is 0 Å². The van der Waals surface area contributed by atoms with E-state index in [1.165, 1.54) is 0 Å². The summed E-state index contributed by atoms with van der Waals surface area (Å²) in [5.74, 6) is 0.617. The fourth-order valence-corrected chi connectivity index (χ4v) is 3.31. The van der Waals surface area contributed by atoms with E-state index < -0.39 is 5.97 Å². The summed E-state index contributed by atoms with van der Waals surface area (Å²) in [6.07, 6.45) is 1.03. The van der Waals surface area contributed by atoms with E-state index >= 15 is 0 Å². The van der Waals surface area contributed by atoms with E-state index in [-0.39, 0.29) is 32.5 Å². The van der Waals surface area contributed by atoms with Gasteiger partial charge in [-0.25, -0.2) is 4.79 Å². The zero-order chi connectivity index (χ0) is 19.4. The van der Waals surface area contributed by atoms with Gasteiger partial charge in [-0.1, -0.05) is 0 Å². The fourth-order valence-electron chi connectivity index (χ4n) is 3.31. The summed E-state index contributed by atoms with van der Waals surface area (Å²) in [4.78, 5) is 14.7. The van der Waals surface area contributed by atoms with Crippen LogP contribution in [0.2, 0.25) is 0 Å². The van der Waals surface area contributed by atoms with E-state index in [1.54, 1.807) is 0 Å². The number of aryl methyl sites for hydroxylation is 1. The SMILES string of the molecule is CN(C)c1ccc(-c2oc3c(c2C(=O)OCCO)C(OCCO)CC3)cc1. The topological polar surface area (TPSA) is 92.4 Å². The van der Waals surface area contributed by atoms with Gasteiger partial charge in [0.05, 0.1) is 25.9 Å². The number of hydrogen-bond donors (Lipinski definition) is 2. The Morgan fingerprint density at radius 1 is 1.19 bits per heavy atom. The van der Waals surface area contributed by atoms with Crippen molar-refractivity contribution in [2.75, 3.05) is 45.4 Å². The molecule has 1 unspecified atom stereocenters. The molecule has 1 heterocycles. The molecule has 1 aromatic heterocycles. The summed E-state index contributed by atoms with van der Waals surface area (Å²) in [5, 5.41) is 18.0. The standard InChI is InChI=1S/C20H25NO6/c1-21(2)14-5-3-13(4-6-14)19-18(20(24)26-12-10-23)17-15(25-11-9-22)7-8-16(17)27-19/h3-6,15,22-23H,7-12H2,1-2H3. The number of benzene rings is 1. The van der Waals surface area contributed by atoms with Gasteiger partial charge < -0.3 is 29.0 Å². The summed E-state index contributed by atoms with van der Waals surface area (Å²) in [5.41, 5.74) is 2.84. The van der Waals surface area contributed by atoms with Crippen LogP contribution in [0.3, 0.4) is 0 Å². The number of esters is 1. The first-order valence-electron chi connectivity index (χ1n) is 9.00. The molecule has 7 nitrogen and oxygen atoms in total. The molecule has 0 spiro atoms. The summed E-state index contributed by atoms with van der Waals surface area (Å²) in [6.45, 7) is -0.233. The Morgan fingerprint density at radius 2 is 1.89 bits per heavy atom. The lowest BCUT2D eigenvalue weighted by atomic mass is 10.0. The number of carbonyl (C=O) groups is 1. The molecule has 1 aliphatic rings. The zero-order valence-electron chi connectivity index (χ0n) is 15.6. The number of hydrogen-bond acceptors (Lipinski definition) is 7. The van der Waals surface area contributed by atoms with Crippen LogP contribution in [0.25, 0.3) is 11.3 Å². The molecule has 0 fully saturated rings. The van der Waals surface area contributed by atoms with Crippen LogP contribution in [-0.2, 0) is 15.9 Å². The van der Waals surface area contributed by atoms with E-state index in [9.17, 15) is 4.79 Å². The van der Waals surface area contributed by atoms with Crippen molar-refractivity contribution < 1.29 is 28.9 Å². The number of nitrogens with zero attached hydrogens (tertiary/aromatic N) is 1. The van der Waals surface area contributed by atoms with Crippen LogP contribution in [0.1, 0.15) is 34.2 Å². The second-order valence-corrected chi connectivity index (χ2v) is 6.57. The Labute approximate surface area is 158 Å². The van der Waals surface area contributed by atoms with E-state index in [1.807, 2.05) is 43.3 Å². The molecule has 0 saturated heterocycles. The molecule has 1 atom stereocenters. The smallest absolute Gasteiger partial charge is 0.342 e. The largest absolute Gasteiger partial charge is 0.460 e. The first kappa shape index (κ1) is 19.4. The maximum absolute atomic E-state index is 12.7. The van der Waals surface area contributed by atoms with Gasteiger partial charge in [-0.3, -0.25) is 0 Å². The van der Waals surface area contributed by atoms with E-state index in [4.69, 9.17) is 24.1 Å². The van der Waals surface area contributed by atoms with Crippen LogP contribution >= 0.6 is 0 Å². The molecule has 0 bridgehead atoms. The Kier molecular flexibility index (Phi) is 6.15. The van der Waals surface area contributed by atoms with Crippen LogP contribution in [0, 0.1) is 0 Å². The Bertz CT molecular complexity index is 781. The molecule has 0 amide bonds. The summed E-state index contributed by atoms with van der Waals surface area (Å²) >= 11 is 0. The Hall–Kier alpha value is -2.35. The highest BCUT2D eigenvalue weighted by molar-refractivity contribution is 5.98. The predicted molar refractivity (Wildman–Crippen MR) is 99.9 cm³/mol. The molecule has 2 N–H and O–H groups in total. The van der Waals surface area contributed by atoms with Crippen LogP contribution in [0.4, 0.5) is 5.69 Å². The zero-order valence-corrected chi connectivity index (χ0v) is 15.6. The second-order valence-electron chi connectivity index (χ2n) is 6.57. The average molecular weight is 375 g/mol. The van der Waals surface area contributed by atoms with Crippen molar-refractivity contribution in [2.24, 2.45) is 0 Å². The van der Waals surface area contributed by atoms with Gasteiger partial charge in [-0.15, -0.1) is 0 Å². The molecular formula is C20H25NO6. The van der Waals surface area contributed by atoms with Crippen molar-refractivity contribution in [1.82, 2.24) is 0 Å². The predicted octanol–water partition coefficient (Wildman–Crippen LogP) is 2.16. The molecule has 1 aliphatic carbocycles. The normalized spacial score (nSPS) is 15.6. The number of carbonyl (C=O) groups excluding carboxylic acids is 1. The lowest BCUT2D eigenvalue weighted by Crippen LogP contribution is -2.13. The van der Waals surface area contributed by atoms with Crippen molar-refractivity contribution in [3.8, 4) is 11.3 Å². The molecular weight excluding hydrogens is 350 g/mol. The van der Waals surface area contributed by atoms with Gasteiger partial charge >= 0.3 is 5.97 Å². The van der Waals surface area contributed by atoms with Crippen LogP contribution < -0.4 is 4.90 Å². The van der Waals surface area contributed by atoms with Gasteiger partial charge in [0.15, 0.2) is 0 Å². The van der Waals surface area contributed by atoms with Crippen LogP contribution in [0.5, 0.6) is 0 Å². The molecule has 27 heavy (non-hydrogen) atoms. The van der Waals surface area contributed by atoms with E-state index in [0.29, 0.717) is 35.5 Å². The fraction of sp³-hybridized carbons (Fsp3) is 0.450. The first-order chi connectivity index (χ1) is 13.1. The van der Waals surface area contributed by atoms with E-state index in [2.05, 4.69) is 0 Å². The van der Waals surface area contributed by atoms with Gasteiger partial charge in [0.1, 0.15) is 23.7 Å². The van der Waals surface area contributed by atoms with Crippen molar-refractivity contribution in [3.05, 3.63) is 41.2 Å². The Morgan fingerprint density at radius 3 is 2.52 bits per heavy atom. The summed E-state index contributed by atoms with van der Waals surface area (Å²) in [6, 6.07) is 7.70. The third kappa shape index (κ3) is 4.00. The van der Waals surface area contributed by atoms with Crippen molar-refractivity contribution in [2.45, 2.75) is 18.9 Å². The monoisotopic (exact) mass is 375 g/mol. The van der Waals surface area contributed by atoms with Gasteiger partial charge in [0, 0.05) is 37.3 Å². The molecule has 7 heteroatoms. The minimum absolute atomic E-state index is 0.0834. The third-order valence-corrected chi connectivity index (χ3v) is 4.56. The number of fused-ring (bicyclic) bond motifs is 1. The molecule has 2 aromatic rings. The number of ether oxygens (including phenoxy) is 2. The molecule has 0 aliphatic heterocycles. The third-order valence-electron chi connectivity index (χ3n) is 4.56. The van der Waals surface area contributed by atoms with Gasteiger partial charge in [0.25, 0.3) is 0 Å². The highest BCUT2D eigenvalue weighted by atomic mass is 16.5. The quantitative estimate of drug-likeness (QED) is 0.683. The molecule has 146 valence electrons. The second kappa shape index (κ2) is 8.56. The van der Waals surface area contributed by atoms with E-state index in [0.717, 1.165) is 11.3 Å². The Balaban J connectivity index is 2.02. The number of aliphatic hydroxyl groups excluding tert-OH is 2. The van der Waals surface area contributed by atoms with Gasteiger partial charge in [0.2, 0.25) is 0 Å². The van der Waals surface area contributed by atoms with Crippen molar-refractivity contribution >= 4 is 11.7 Å². The van der Waals surface area contributed by atoms with Crippen molar-refractivity contribution in [1.29, 1.82) is 0 Å². The van der Waals surface area contributed by atoms with Crippen molar-refractivity contribution in [3.63, 3.8) is 0 Å². The number of rotatable bonds is 8. The lowest BCUT2D eigenvalue weighted by molar-refractivity contribution is 0.0264. The molecule has 0 saturated carbocycles. The minimum Gasteiger partial charge on any atom is -0.460 e. The highest BCUT2D eigenvalue weighted by Crippen LogP contribution is 2.43. The molecule has 0 radical (unpaired) electrons. The number of anilines is 1. The van der Waals surface area contributed by atoms with Crippen LogP contribution in [0.15, 0.2) is 28.7 Å². The first-order valence-corrected chi connectivity index (χ1v) is 9.00. The van der Waals surface area contributed by atoms with Crippen LogP contribution in [-0.4, -0.2) is 56.7 Å². The lowest BCUT2D eigenvalue weighted by Gasteiger charge is -2.14. The number of furan rings is 1. The maximum Gasteiger partial charge on any atom is 0.342 e. The number of aliphatic hydroxyl groups is 2. The average Bonchev–Trinajstić information content (AvgIpc) is 3.23.